The molecule has 1 aliphatic carbocycles. The Morgan fingerprint density at radius 3 is 2.39 bits per heavy atom. The molecular formula is C13H25NO3S. The van der Waals surface area contributed by atoms with Crippen LogP contribution >= 0.6 is 0 Å². The molecule has 0 radical (unpaired) electrons. The van der Waals surface area contributed by atoms with Gasteiger partial charge < -0.3 is 10.5 Å². The van der Waals surface area contributed by atoms with Crippen LogP contribution in [0.25, 0.3) is 0 Å². The Hall–Kier alpha value is -0.130. The molecule has 0 amide bonds. The van der Waals surface area contributed by atoms with Crippen molar-refractivity contribution in [3.63, 3.8) is 0 Å². The third-order valence-electron chi connectivity index (χ3n) is 4.44. The third kappa shape index (κ3) is 2.89. The van der Waals surface area contributed by atoms with Crippen LogP contribution in [0.5, 0.6) is 0 Å². The Balaban J connectivity index is 2.16. The molecule has 5 heteroatoms. The van der Waals surface area contributed by atoms with E-state index in [4.69, 9.17) is 10.5 Å². The number of hydrogen-bond acceptors (Lipinski definition) is 4. The van der Waals surface area contributed by atoms with Crippen molar-refractivity contribution in [2.75, 3.05) is 13.2 Å². The predicted molar refractivity (Wildman–Crippen MR) is 72.2 cm³/mol. The lowest BCUT2D eigenvalue weighted by atomic mass is 9.75. The second kappa shape index (κ2) is 5.10. The third-order valence-corrected chi connectivity index (χ3v) is 7.20. The lowest BCUT2D eigenvalue weighted by Crippen LogP contribution is -2.50. The van der Waals surface area contributed by atoms with Crippen LogP contribution in [-0.4, -0.2) is 38.2 Å². The molecule has 0 aromatic heterocycles. The fraction of sp³-hybridized carbons (Fsp3) is 1.00. The number of rotatable bonds is 2. The maximum Gasteiger partial charge on any atom is 0.157 e. The fourth-order valence-electron chi connectivity index (χ4n) is 3.15. The summed E-state index contributed by atoms with van der Waals surface area (Å²) in [6.45, 7) is 5.42. The predicted octanol–water partition coefficient (Wildman–Crippen LogP) is 1.49. The van der Waals surface area contributed by atoms with Gasteiger partial charge in [0.25, 0.3) is 0 Å². The Bertz CT molecular complexity index is 385. The average Bonchev–Trinajstić information content (AvgIpc) is 2.33. The standard InChI is InChI=1S/C13H25NO3S/c1-13(2)6-3-11(14)12(9-13)18(15,16)10-4-7-17-8-5-10/h10-12H,3-9,14H2,1-2H3. The van der Waals surface area contributed by atoms with E-state index in [9.17, 15) is 8.42 Å². The highest BCUT2D eigenvalue weighted by molar-refractivity contribution is 7.92. The van der Waals surface area contributed by atoms with Crippen LogP contribution in [0, 0.1) is 5.41 Å². The molecule has 18 heavy (non-hydrogen) atoms. The molecule has 0 spiro atoms. The van der Waals surface area contributed by atoms with Gasteiger partial charge >= 0.3 is 0 Å². The van der Waals surface area contributed by atoms with Crippen LogP contribution < -0.4 is 5.73 Å². The second-order valence-corrected chi connectivity index (χ2v) is 8.96. The van der Waals surface area contributed by atoms with Gasteiger partial charge in [-0.25, -0.2) is 8.42 Å². The van der Waals surface area contributed by atoms with Crippen LogP contribution in [0.1, 0.15) is 46.0 Å². The van der Waals surface area contributed by atoms with Gasteiger partial charge in [0.05, 0.1) is 10.5 Å². The molecular weight excluding hydrogens is 250 g/mol. The zero-order valence-corrected chi connectivity index (χ0v) is 12.2. The lowest BCUT2D eigenvalue weighted by molar-refractivity contribution is 0.0977. The van der Waals surface area contributed by atoms with Crippen molar-refractivity contribution in [2.45, 2.75) is 62.5 Å². The second-order valence-electron chi connectivity index (χ2n) is 6.51. The molecule has 1 saturated heterocycles. The highest BCUT2D eigenvalue weighted by Gasteiger charge is 2.43. The molecule has 0 bridgehead atoms. The van der Waals surface area contributed by atoms with E-state index in [0.29, 0.717) is 32.5 Å². The van der Waals surface area contributed by atoms with Gasteiger partial charge in [0.2, 0.25) is 0 Å². The number of ether oxygens (including phenoxy) is 1. The van der Waals surface area contributed by atoms with E-state index in [1.807, 2.05) is 0 Å². The van der Waals surface area contributed by atoms with E-state index < -0.39 is 9.84 Å². The van der Waals surface area contributed by atoms with Crippen molar-refractivity contribution in [1.29, 1.82) is 0 Å². The van der Waals surface area contributed by atoms with Gasteiger partial charge in [-0.05, 0) is 37.5 Å². The van der Waals surface area contributed by atoms with E-state index >= 15 is 0 Å². The summed E-state index contributed by atoms with van der Waals surface area (Å²) >= 11 is 0. The normalized spacial score (nSPS) is 34.4. The van der Waals surface area contributed by atoms with Crippen molar-refractivity contribution < 1.29 is 13.2 Å². The topological polar surface area (TPSA) is 69.4 Å². The molecule has 2 unspecified atom stereocenters. The molecule has 2 aliphatic rings. The zero-order chi connectivity index (χ0) is 13.4. The van der Waals surface area contributed by atoms with Crippen molar-refractivity contribution >= 4 is 9.84 Å². The van der Waals surface area contributed by atoms with Crippen LogP contribution in [0.2, 0.25) is 0 Å². The summed E-state index contributed by atoms with van der Waals surface area (Å²) in [6, 6.07) is -0.189. The van der Waals surface area contributed by atoms with E-state index in [2.05, 4.69) is 13.8 Å². The first-order chi connectivity index (χ1) is 8.33. The molecule has 1 saturated carbocycles. The van der Waals surface area contributed by atoms with Crippen LogP contribution in [0.15, 0.2) is 0 Å². The maximum atomic E-state index is 12.7. The minimum absolute atomic E-state index is 0.0960. The van der Waals surface area contributed by atoms with Gasteiger partial charge in [0.15, 0.2) is 9.84 Å². The van der Waals surface area contributed by atoms with E-state index in [1.54, 1.807) is 0 Å². The van der Waals surface area contributed by atoms with E-state index in [-0.39, 0.29) is 22.0 Å². The molecule has 1 aliphatic heterocycles. The Kier molecular flexibility index (Phi) is 4.04. The highest BCUT2D eigenvalue weighted by Crippen LogP contribution is 2.39. The average molecular weight is 275 g/mol. The minimum atomic E-state index is -3.11. The quantitative estimate of drug-likeness (QED) is 0.829. The van der Waals surface area contributed by atoms with Crippen LogP contribution in [0.3, 0.4) is 0 Å². The molecule has 2 N–H and O–H groups in total. The highest BCUT2D eigenvalue weighted by atomic mass is 32.2. The van der Waals surface area contributed by atoms with Gasteiger partial charge in [-0.1, -0.05) is 13.8 Å². The largest absolute Gasteiger partial charge is 0.381 e. The summed E-state index contributed by atoms with van der Waals surface area (Å²) in [5.41, 5.74) is 6.18. The van der Waals surface area contributed by atoms with Gasteiger partial charge in [-0.15, -0.1) is 0 Å². The van der Waals surface area contributed by atoms with E-state index in [0.717, 1.165) is 12.8 Å². The molecule has 2 rings (SSSR count). The Labute approximate surface area is 110 Å². The van der Waals surface area contributed by atoms with Crippen LogP contribution in [-0.2, 0) is 14.6 Å². The van der Waals surface area contributed by atoms with Crippen molar-refractivity contribution in [2.24, 2.45) is 11.1 Å². The van der Waals surface area contributed by atoms with Crippen molar-refractivity contribution in [3.8, 4) is 0 Å². The number of hydrogen-bond donors (Lipinski definition) is 1. The van der Waals surface area contributed by atoms with Gasteiger partial charge in [-0.3, -0.25) is 0 Å². The molecule has 0 aromatic carbocycles. The zero-order valence-electron chi connectivity index (χ0n) is 11.4. The molecule has 4 nitrogen and oxygen atoms in total. The van der Waals surface area contributed by atoms with Crippen LogP contribution in [0.4, 0.5) is 0 Å². The van der Waals surface area contributed by atoms with Crippen molar-refractivity contribution in [3.05, 3.63) is 0 Å². The maximum absolute atomic E-state index is 12.7. The summed E-state index contributed by atoms with van der Waals surface area (Å²) in [7, 11) is -3.11. The first-order valence-electron chi connectivity index (χ1n) is 6.89. The SMILES string of the molecule is CC1(C)CCC(N)C(S(=O)(=O)C2CCOCC2)C1. The van der Waals surface area contributed by atoms with Gasteiger partial charge in [-0.2, -0.15) is 0 Å². The number of sulfone groups is 1. The number of nitrogens with two attached hydrogens (primary N) is 1. The van der Waals surface area contributed by atoms with E-state index in [1.165, 1.54) is 0 Å². The molecule has 1 heterocycles. The fourth-order valence-corrected chi connectivity index (χ4v) is 5.80. The molecule has 2 atom stereocenters. The monoisotopic (exact) mass is 275 g/mol. The summed E-state index contributed by atoms with van der Waals surface area (Å²) in [6.07, 6.45) is 3.81. The van der Waals surface area contributed by atoms with Gasteiger partial charge in [0, 0.05) is 19.3 Å². The summed E-state index contributed by atoms with van der Waals surface area (Å²) < 4.78 is 30.7. The lowest BCUT2D eigenvalue weighted by Gasteiger charge is -2.40. The molecule has 0 aromatic rings. The first kappa shape index (κ1) is 14.3. The summed E-state index contributed by atoms with van der Waals surface area (Å²) in [4.78, 5) is 0. The molecule has 106 valence electrons. The summed E-state index contributed by atoms with van der Waals surface area (Å²) in [5.74, 6) is 0. The minimum Gasteiger partial charge on any atom is -0.381 e. The Morgan fingerprint density at radius 1 is 1.17 bits per heavy atom. The smallest absolute Gasteiger partial charge is 0.157 e. The van der Waals surface area contributed by atoms with Gasteiger partial charge in [0.1, 0.15) is 0 Å². The first-order valence-corrected chi connectivity index (χ1v) is 8.50. The molecule has 2 fully saturated rings. The van der Waals surface area contributed by atoms with Crippen molar-refractivity contribution in [1.82, 2.24) is 0 Å². The Morgan fingerprint density at radius 2 is 1.78 bits per heavy atom. The summed E-state index contributed by atoms with van der Waals surface area (Å²) in [5, 5.41) is -0.597.